The van der Waals surface area contributed by atoms with Crippen molar-refractivity contribution in [3.8, 4) is 0 Å². The molecule has 4 heteroatoms. The Labute approximate surface area is 119 Å². The number of nitrogens with zero attached hydrogens (tertiary/aromatic N) is 2. The van der Waals surface area contributed by atoms with Gasteiger partial charge in [0.2, 0.25) is 0 Å². The lowest BCUT2D eigenvalue weighted by Crippen LogP contribution is -2.36. The molecule has 1 amide bonds. The average molecular weight is 271 g/mol. The summed E-state index contributed by atoms with van der Waals surface area (Å²) in [6.07, 6.45) is 9.13. The van der Waals surface area contributed by atoms with Crippen LogP contribution in [0, 0.1) is 0 Å². The van der Waals surface area contributed by atoms with Crippen LogP contribution < -0.4 is 0 Å². The van der Waals surface area contributed by atoms with Crippen molar-refractivity contribution in [2.75, 3.05) is 7.05 Å². The Kier molecular flexibility index (Phi) is 3.72. The quantitative estimate of drug-likeness (QED) is 0.851. The second kappa shape index (κ2) is 5.65. The zero-order valence-corrected chi connectivity index (χ0v) is 11.9. The third-order valence-corrected chi connectivity index (χ3v) is 4.38. The number of aromatic amines is 1. The van der Waals surface area contributed by atoms with Crippen LogP contribution >= 0.6 is 0 Å². The molecule has 0 spiro atoms. The van der Waals surface area contributed by atoms with Crippen molar-refractivity contribution in [2.24, 2.45) is 0 Å². The molecule has 3 rings (SSSR count). The van der Waals surface area contributed by atoms with Crippen LogP contribution in [0.3, 0.4) is 0 Å². The average Bonchev–Trinajstić information content (AvgIpc) is 2.77. The molecule has 1 aliphatic carbocycles. The number of hydrogen-bond acceptors (Lipinski definition) is 2. The Hall–Kier alpha value is -1.84. The summed E-state index contributed by atoms with van der Waals surface area (Å²) in [7, 11) is 1.94. The SMILES string of the molecule is CN(C(=O)c1ccc2cn[nH]c2c1)C1CCCCCC1. The van der Waals surface area contributed by atoms with E-state index < -0.39 is 0 Å². The van der Waals surface area contributed by atoms with E-state index in [1.54, 1.807) is 6.20 Å². The summed E-state index contributed by atoms with van der Waals surface area (Å²) < 4.78 is 0. The molecule has 2 aromatic rings. The second-order valence-electron chi connectivity index (χ2n) is 5.73. The molecule has 1 N–H and O–H groups in total. The predicted molar refractivity (Wildman–Crippen MR) is 79.7 cm³/mol. The minimum absolute atomic E-state index is 0.119. The molecule has 1 aromatic heterocycles. The molecular weight excluding hydrogens is 250 g/mol. The van der Waals surface area contributed by atoms with Crippen LogP contribution in [-0.2, 0) is 0 Å². The molecule has 1 aromatic carbocycles. The summed E-state index contributed by atoms with van der Waals surface area (Å²) in [4.78, 5) is 14.5. The highest BCUT2D eigenvalue weighted by Gasteiger charge is 2.22. The molecule has 4 nitrogen and oxygen atoms in total. The zero-order valence-electron chi connectivity index (χ0n) is 11.9. The Balaban J connectivity index is 1.79. The minimum atomic E-state index is 0.119. The van der Waals surface area contributed by atoms with E-state index in [4.69, 9.17) is 0 Å². The van der Waals surface area contributed by atoms with Gasteiger partial charge in [-0.15, -0.1) is 0 Å². The molecule has 1 aliphatic rings. The van der Waals surface area contributed by atoms with Gasteiger partial charge < -0.3 is 4.90 Å². The standard InChI is InChI=1S/C16H21N3O/c1-19(14-6-4-2-3-5-7-14)16(20)12-8-9-13-11-17-18-15(13)10-12/h8-11,14H,2-7H2,1H3,(H,17,18). The Morgan fingerprint density at radius 3 is 2.75 bits per heavy atom. The Morgan fingerprint density at radius 2 is 2.00 bits per heavy atom. The normalized spacial score (nSPS) is 17.1. The zero-order chi connectivity index (χ0) is 13.9. The van der Waals surface area contributed by atoms with Gasteiger partial charge in [-0.3, -0.25) is 9.89 Å². The summed E-state index contributed by atoms with van der Waals surface area (Å²) in [6, 6.07) is 6.14. The van der Waals surface area contributed by atoms with E-state index in [0.29, 0.717) is 6.04 Å². The van der Waals surface area contributed by atoms with Crippen molar-refractivity contribution in [3.63, 3.8) is 0 Å². The van der Waals surface area contributed by atoms with Gasteiger partial charge in [-0.2, -0.15) is 5.10 Å². The van der Waals surface area contributed by atoms with Crippen LogP contribution in [0.2, 0.25) is 0 Å². The van der Waals surface area contributed by atoms with Crippen LogP contribution in [-0.4, -0.2) is 34.1 Å². The van der Waals surface area contributed by atoms with Gasteiger partial charge in [0.25, 0.3) is 5.91 Å². The number of H-pyrrole nitrogens is 1. The van der Waals surface area contributed by atoms with Crippen molar-refractivity contribution < 1.29 is 4.79 Å². The van der Waals surface area contributed by atoms with E-state index >= 15 is 0 Å². The number of benzene rings is 1. The number of carbonyl (C=O) groups is 1. The van der Waals surface area contributed by atoms with Gasteiger partial charge in [-0.05, 0) is 25.0 Å². The highest BCUT2D eigenvalue weighted by Crippen LogP contribution is 2.23. The second-order valence-corrected chi connectivity index (χ2v) is 5.73. The number of aromatic nitrogens is 2. The first kappa shape index (κ1) is 13.2. The highest BCUT2D eigenvalue weighted by molar-refractivity contribution is 5.97. The van der Waals surface area contributed by atoms with E-state index in [9.17, 15) is 4.79 Å². The van der Waals surface area contributed by atoms with Crippen molar-refractivity contribution in [3.05, 3.63) is 30.0 Å². The molecule has 20 heavy (non-hydrogen) atoms. The minimum Gasteiger partial charge on any atom is -0.339 e. The van der Waals surface area contributed by atoms with Crippen LogP contribution in [0.1, 0.15) is 48.9 Å². The van der Waals surface area contributed by atoms with Crippen LogP contribution in [0.25, 0.3) is 10.9 Å². The van der Waals surface area contributed by atoms with Crippen molar-refractivity contribution in [1.29, 1.82) is 0 Å². The largest absolute Gasteiger partial charge is 0.339 e. The molecule has 0 unspecified atom stereocenters. The van der Waals surface area contributed by atoms with E-state index in [1.807, 2.05) is 30.1 Å². The molecule has 106 valence electrons. The first-order valence-electron chi connectivity index (χ1n) is 7.46. The predicted octanol–water partition coefficient (Wildman–Crippen LogP) is 3.36. The molecule has 1 saturated carbocycles. The molecule has 0 radical (unpaired) electrons. The van der Waals surface area contributed by atoms with Crippen molar-refractivity contribution >= 4 is 16.8 Å². The lowest BCUT2D eigenvalue weighted by molar-refractivity contribution is 0.0718. The Bertz CT molecular complexity index is 597. The summed E-state index contributed by atoms with van der Waals surface area (Å²) in [5.74, 6) is 0.119. The van der Waals surface area contributed by atoms with Gasteiger partial charge in [0.15, 0.2) is 0 Å². The first-order valence-corrected chi connectivity index (χ1v) is 7.46. The fraction of sp³-hybridized carbons (Fsp3) is 0.500. The maximum Gasteiger partial charge on any atom is 0.253 e. The smallest absolute Gasteiger partial charge is 0.253 e. The monoisotopic (exact) mass is 271 g/mol. The Morgan fingerprint density at radius 1 is 1.25 bits per heavy atom. The van der Waals surface area contributed by atoms with Crippen LogP contribution in [0.4, 0.5) is 0 Å². The number of carbonyl (C=O) groups excluding carboxylic acids is 1. The first-order chi connectivity index (χ1) is 9.75. The molecule has 1 heterocycles. The fourth-order valence-electron chi connectivity index (χ4n) is 3.08. The summed E-state index contributed by atoms with van der Waals surface area (Å²) in [5.41, 5.74) is 1.67. The van der Waals surface area contributed by atoms with E-state index in [0.717, 1.165) is 29.3 Å². The van der Waals surface area contributed by atoms with Gasteiger partial charge in [0, 0.05) is 24.0 Å². The number of amides is 1. The third-order valence-electron chi connectivity index (χ3n) is 4.38. The maximum atomic E-state index is 12.6. The van der Waals surface area contributed by atoms with E-state index in [2.05, 4.69) is 10.2 Å². The molecule has 1 fully saturated rings. The molecule has 0 aliphatic heterocycles. The number of fused-ring (bicyclic) bond motifs is 1. The van der Waals surface area contributed by atoms with Gasteiger partial charge >= 0.3 is 0 Å². The molecule has 0 bridgehead atoms. The number of nitrogens with one attached hydrogen (secondary N) is 1. The number of hydrogen-bond donors (Lipinski definition) is 1. The lowest BCUT2D eigenvalue weighted by Gasteiger charge is -2.27. The fourth-order valence-corrected chi connectivity index (χ4v) is 3.08. The van der Waals surface area contributed by atoms with Gasteiger partial charge in [0.1, 0.15) is 0 Å². The number of rotatable bonds is 2. The van der Waals surface area contributed by atoms with Gasteiger partial charge in [-0.25, -0.2) is 0 Å². The van der Waals surface area contributed by atoms with E-state index in [1.165, 1.54) is 25.7 Å². The van der Waals surface area contributed by atoms with Crippen molar-refractivity contribution in [2.45, 2.75) is 44.6 Å². The molecule has 0 saturated heterocycles. The third kappa shape index (κ3) is 2.55. The van der Waals surface area contributed by atoms with E-state index in [-0.39, 0.29) is 5.91 Å². The molecule has 0 atom stereocenters. The summed E-state index contributed by atoms with van der Waals surface area (Å²) in [6.45, 7) is 0. The maximum absolute atomic E-state index is 12.6. The molecular formula is C16H21N3O. The lowest BCUT2D eigenvalue weighted by atomic mass is 10.1. The van der Waals surface area contributed by atoms with Gasteiger partial charge in [-0.1, -0.05) is 31.7 Å². The summed E-state index contributed by atoms with van der Waals surface area (Å²) in [5, 5.41) is 7.96. The highest BCUT2D eigenvalue weighted by atomic mass is 16.2. The van der Waals surface area contributed by atoms with Crippen LogP contribution in [0.15, 0.2) is 24.4 Å². The van der Waals surface area contributed by atoms with Gasteiger partial charge in [0.05, 0.1) is 11.7 Å². The van der Waals surface area contributed by atoms with Crippen LogP contribution in [0.5, 0.6) is 0 Å². The summed E-state index contributed by atoms with van der Waals surface area (Å²) >= 11 is 0. The topological polar surface area (TPSA) is 49.0 Å². The van der Waals surface area contributed by atoms with Crippen molar-refractivity contribution in [1.82, 2.24) is 15.1 Å².